The number of nitro benzene ring substituents is 1. The molecule has 7 heteroatoms. The van der Waals surface area contributed by atoms with E-state index in [1.165, 1.54) is 24.3 Å². The summed E-state index contributed by atoms with van der Waals surface area (Å²) < 4.78 is 6.36. The molecule has 0 heterocycles. The minimum absolute atomic E-state index is 0.0408. The van der Waals surface area contributed by atoms with Gasteiger partial charge >= 0.3 is 5.97 Å². The van der Waals surface area contributed by atoms with Gasteiger partial charge < -0.3 is 9.84 Å². The standard InChI is InChI=1S/C14H10INO5/c1-8-6-10(16(19)20)3-5-12(8)21-13-4-2-9(15)7-11(13)14(17)18/h2-7H,1H3,(H,17,18). The second kappa shape index (κ2) is 6.08. The fraction of sp³-hybridized carbons (Fsp3) is 0.0714. The number of aromatic carboxylic acids is 1. The SMILES string of the molecule is Cc1cc([N+](=O)[O-])ccc1Oc1ccc(I)cc1C(=O)O. The smallest absolute Gasteiger partial charge is 0.339 e. The van der Waals surface area contributed by atoms with Crippen molar-refractivity contribution in [3.05, 3.63) is 61.2 Å². The molecule has 2 aromatic carbocycles. The molecule has 0 unspecified atom stereocenters. The van der Waals surface area contributed by atoms with Gasteiger partial charge in [-0.3, -0.25) is 10.1 Å². The van der Waals surface area contributed by atoms with Crippen LogP contribution in [0.5, 0.6) is 11.5 Å². The van der Waals surface area contributed by atoms with Crippen molar-refractivity contribution >= 4 is 34.2 Å². The van der Waals surface area contributed by atoms with E-state index in [0.29, 0.717) is 11.3 Å². The van der Waals surface area contributed by atoms with E-state index >= 15 is 0 Å². The number of ether oxygens (including phenoxy) is 1. The Morgan fingerprint density at radius 1 is 1.24 bits per heavy atom. The number of rotatable bonds is 4. The number of halogens is 1. The van der Waals surface area contributed by atoms with E-state index in [1.807, 2.05) is 22.6 Å². The van der Waals surface area contributed by atoms with Crippen LogP contribution in [0, 0.1) is 20.6 Å². The van der Waals surface area contributed by atoms with Gasteiger partial charge in [-0.2, -0.15) is 0 Å². The van der Waals surface area contributed by atoms with E-state index in [1.54, 1.807) is 19.1 Å². The third-order valence-corrected chi connectivity index (χ3v) is 3.43. The van der Waals surface area contributed by atoms with Crippen molar-refractivity contribution in [2.45, 2.75) is 6.92 Å². The molecule has 0 aromatic heterocycles. The molecule has 0 fully saturated rings. The summed E-state index contributed by atoms with van der Waals surface area (Å²) in [5.41, 5.74) is 0.555. The molecule has 21 heavy (non-hydrogen) atoms. The lowest BCUT2D eigenvalue weighted by molar-refractivity contribution is -0.384. The minimum atomic E-state index is -1.09. The van der Waals surface area contributed by atoms with Crippen LogP contribution in [0.1, 0.15) is 15.9 Å². The summed E-state index contributed by atoms with van der Waals surface area (Å²) in [6, 6.07) is 8.93. The molecule has 0 amide bonds. The molecule has 0 aliphatic rings. The van der Waals surface area contributed by atoms with Crippen molar-refractivity contribution in [2.24, 2.45) is 0 Å². The first-order chi connectivity index (χ1) is 9.88. The highest BCUT2D eigenvalue weighted by molar-refractivity contribution is 14.1. The highest BCUT2D eigenvalue weighted by Crippen LogP contribution is 2.31. The number of benzene rings is 2. The van der Waals surface area contributed by atoms with E-state index in [9.17, 15) is 20.0 Å². The molecule has 108 valence electrons. The molecule has 0 aliphatic heterocycles. The highest BCUT2D eigenvalue weighted by atomic mass is 127. The van der Waals surface area contributed by atoms with Crippen LogP contribution >= 0.6 is 22.6 Å². The first-order valence-corrected chi connectivity index (χ1v) is 6.92. The lowest BCUT2D eigenvalue weighted by Gasteiger charge is -2.11. The Morgan fingerprint density at radius 2 is 1.90 bits per heavy atom. The van der Waals surface area contributed by atoms with Crippen LogP contribution in [0.4, 0.5) is 5.69 Å². The summed E-state index contributed by atoms with van der Waals surface area (Å²) in [5.74, 6) is -0.521. The van der Waals surface area contributed by atoms with Gasteiger partial charge in [-0.15, -0.1) is 0 Å². The number of non-ortho nitro benzene ring substituents is 1. The molecule has 0 saturated carbocycles. The largest absolute Gasteiger partial charge is 0.478 e. The maximum Gasteiger partial charge on any atom is 0.339 e. The quantitative estimate of drug-likeness (QED) is 0.477. The molecule has 0 saturated heterocycles. The second-order valence-corrected chi connectivity index (χ2v) is 5.50. The van der Waals surface area contributed by atoms with Crippen molar-refractivity contribution in [2.75, 3.05) is 0 Å². The monoisotopic (exact) mass is 399 g/mol. The number of carboxylic acids is 1. The maximum absolute atomic E-state index is 11.2. The van der Waals surface area contributed by atoms with Crippen LogP contribution in [0.25, 0.3) is 0 Å². The van der Waals surface area contributed by atoms with Crippen molar-refractivity contribution in [1.29, 1.82) is 0 Å². The molecule has 0 radical (unpaired) electrons. The first kappa shape index (κ1) is 15.2. The van der Waals surface area contributed by atoms with E-state index < -0.39 is 10.9 Å². The number of hydrogen-bond acceptors (Lipinski definition) is 4. The fourth-order valence-corrected chi connectivity index (χ4v) is 2.23. The minimum Gasteiger partial charge on any atom is -0.478 e. The van der Waals surface area contributed by atoms with Crippen molar-refractivity contribution in [3.8, 4) is 11.5 Å². The summed E-state index contributed by atoms with van der Waals surface area (Å²) in [5, 5.41) is 19.9. The van der Waals surface area contributed by atoms with Crippen LogP contribution in [-0.2, 0) is 0 Å². The number of hydrogen-bond donors (Lipinski definition) is 1. The van der Waals surface area contributed by atoms with Crippen LogP contribution in [0.3, 0.4) is 0 Å². The Balaban J connectivity index is 2.39. The molecule has 0 aliphatic carbocycles. The lowest BCUT2D eigenvalue weighted by Crippen LogP contribution is -2.01. The summed E-state index contributed by atoms with van der Waals surface area (Å²) in [6.07, 6.45) is 0. The topological polar surface area (TPSA) is 89.7 Å². The van der Waals surface area contributed by atoms with Crippen molar-refractivity contribution in [1.82, 2.24) is 0 Å². The summed E-state index contributed by atoms with van der Waals surface area (Å²) in [4.78, 5) is 21.4. The van der Waals surface area contributed by atoms with Gasteiger partial charge in [0.05, 0.1) is 4.92 Å². The number of nitro groups is 1. The Kier molecular flexibility index (Phi) is 4.41. The molecule has 0 atom stereocenters. The van der Waals surface area contributed by atoms with E-state index in [4.69, 9.17) is 4.74 Å². The van der Waals surface area contributed by atoms with Gasteiger partial charge in [0.2, 0.25) is 0 Å². The van der Waals surface area contributed by atoms with Gasteiger partial charge in [0.1, 0.15) is 17.1 Å². The fourth-order valence-electron chi connectivity index (χ4n) is 1.74. The van der Waals surface area contributed by atoms with Crippen LogP contribution in [-0.4, -0.2) is 16.0 Å². The molecular weight excluding hydrogens is 389 g/mol. The number of nitrogens with zero attached hydrogens (tertiary/aromatic N) is 1. The number of carbonyl (C=O) groups is 1. The molecule has 2 aromatic rings. The number of aryl methyl sites for hydroxylation is 1. The second-order valence-electron chi connectivity index (χ2n) is 4.25. The normalized spacial score (nSPS) is 10.2. The zero-order chi connectivity index (χ0) is 15.6. The molecule has 6 nitrogen and oxygen atoms in total. The zero-order valence-corrected chi connectivity index (χ0v) is 13.0. The van der Waals surface area contributed by atoms with Crippen molar-refractivity contribution < 1.29 is 19.6 Å². The first-order valence-electron chi connectivity index (χ1n) is 5.84. The summed E-state index contributed by atoms with van der Waals surface area (Å²) >= 11 is 2.01. The molecule has 0 bridgehead atoms. The van der Waals surface area contributed by atoms with Gasteiger partial charge in [0.15, 0.2) is 0 Å². The van der Waals surface area contributed by atoms with Crippen LogP contribution < -0.4 is 4.74 Å². The van der Waals surface area contributed by atoms with Gasteiger partial charge in [-0.1, -0.05) is 0 Å². The Bertz CT molecular complexity index is 729. The Hall–Kier alpha value is -2.16. The van der Waals surface area contributed by atoms with Gasteiger partial charge in [0, 0.05) is 15.7 Å². The van der Waals surface area contributed by atoms with Gasteiger partial charge in [0.25, 0.3) is 5.69 Å². The molecule has 1 N–H and O–H groups in total. The van der Waals surface area contributed by atoms with Crippen LogP contribution in [0.2, 0.25) is 0 Å². The third-order valence-electron chi connectivity index (χ3n) is 2.76. The maximum atomic E-state index is 11.2. The molecular formula is C14H10INO5. The van der Waals surface area contributed by atoms with E-state index in [2.05, 4.69) is 0 Å². The lowest BCUT2D eigenvalue weighted by atomic mass is 10.2. The van der Waals surface area contributed by atoms with E-state index in [-0.39, 0.29) is 17.0 Å². The number of carboxylic acid groups (broad SMARTS) is 1. The predicted octanol–water partition coefficient (Wildman–Crippen LogP) is 4.00. The zero-order valence-electron chi connectivity index (χ0n) is 10.9. The van der Waals surface area contributed by atoms with Gasteiger partial charge in [-0.05, 0) is 59.3 Å². The van der Waals surface area contributed by atoms with Crippen LogP contribution in [0.15, 0.2) is 36.4 Å². The van der Waals surface area contributed by atoms with E-state index in [0.717, 1.165) is 3.57 Å². The average Bonchev–Trinajstić information content (AvgIpc) is 2.42. The Labute approximate surface area is 133 Å². The average molecular weight is 399 g/mol. The Morgan fingerprint density at radius 3 is 2.48 bits per heavy atom. The summed E-state index contributed by atoms with van der Waals surface area (Å²) in [6.45, 7) is 1.66. The highest BCUT2D eigenvalue weighted by Gasteiger charge is 2.15. The molecule has 2 rings (SSSR count). The predicted molar refractivity (Wildman–Crippen MR) is 84.0 cm³/mol. The van der Waals surface area contributed by atoms with Gasteiger partial charge in [-0.25, -0.2) is 4.79 Å². The van der Waals surface area contributed by atoms with Crippen molar-refractivity contribution in [3.63, 3.8) is 0 Å². The summed E-state index contributed by atoms with van der Waals surface area (Å²) in [7, 11) is 0. The third kappa shape index (κ3) is 3.48. The molecule has 0 spiro atoms.